The Bertz CT molecular complexity index is 2170. The average molecular weight is 865 g/mol. The van der Waals surface area contributed by atoms with Gasteiger partial charge in [0.15, 0.2) is 0 Å². The number of rotatable bonds is 8. The lowest BCUT2D eigenvalue weighted by atomic mass is 9.94. The molecule has 49 heavy (non-hydrogen) atoms. The summed E-state index contributed by atoms with van der Waals surface area (Å²) in [6.45, 7) is 10.6. The lowest BCUT2D eigenvalue weighted by molar-refractivity contribution is 1.14. The van der Waals surface area contributed by atoms with Crippen molar-refractivity contribution in [2.75, 3.05) is 9.80 Å². The molecular formula is C45H42I2N2. The molecule has 0 saturated heterocycles. The van der Waals surface area contributed by atoms with E-state index in [0.29, 0.717) is 0 Å². The number of fused-ring (bicyclic) bond motifs is 2. The summed E-state index contributed by atoms with van der Waals surface area (Å²) in [7, 11) is 0. The van der Waals surface area contributed by atoms with Crippen LogP contribution in [0.2, 0.25) is 0 Å². The number of anilines is 6. The zero-order chi connectivity index (χ0) is 34.5. The second-order valence-corrected chi connectivity index (χ2v) is 14.4. The minimum atomic E-state index is 1.01. The van der Waals surface area contributed by atoms with Gasteiger partial charge in [-0.25, -0.2) is 0 Å². The first kappa shape index (κ1) is 35.0. The molecule has 0 atom stereocenters. The Morgan fingerprint density at radius 3 is 1.16 bits per heavy atom. The number of aryl methyl sites for hydroxylation is 3. The summed E-state index contributed by atoms with van der Waals surface area (Å²) in [6, 6.07) is 51.8. The second kappa shape index (κ2) is 15.8. The quantitative estimate of drug-likeness (QED) is 0.0853. The summed E-state index contributed by atoms with van der Waals surface area (Å²) in [5.41, 5.74) is 10.8. The van der Waals surface area contributed by atoms with Crippen molar-refractivity contribution >= 4 is 101 Å². The Morgan fingerprint density at radius 2 is 0.776 bits per heavy atom. The van der Waals surface area contributed by atoms with Gasteiger partial charge in [-0.2, -0.15) is 0 Å². The van der Waals surface area contributed by atoms with E-state index in [2.05, 4.69) is 215 Å². The average Bonchev–Trinajstić information content (AvgIpc) is 3.15. The van der Waals surface area contributed by atoms with Gasteiger partial charge in [-0.15, -0.1) is 0 Å². The van der Waals surface area contributed by atoms with E-state index in [-0.39, 0.29) is 0 Å². The van der Waals surface area contributed by atoms with Gasteiger partial charge in [-0.1, -0.05) is 93.9 Å². The van der Waals surface area contributed by atoms with Crippen LogP contribution in [0.1, 0.15) is 44.4 Å². The predicted octanol–water partition coefficient (Wildman–Crippen LogP) is 14.6. The first-order valence-electron chi connectivity index (χ1n) is 17.2. The second-order valence-electron chi connectivity index (χ2n) is 12.0. The SMILES string of the molecule is CC.CCc1ccc(N(c2ccc(I)cc2)c2c3ccccc3c(N(c3ccc(I)cc3)c3ccc(CC)cc3)c3cc(C)ccc23)cc1. The fraction of sp³-hybridized carbons (Fsp3) is 0.156. The van der Waals surface area contributed by atoms with Gasteiger partial charge in [0.25, 0.3) is 0 Å². The molecule has 0 heterocycles. The van der Waals surface area contributed by atoms with Gasteiger partial charge < -0.3 is 9.80 Å². The molecule has 7 aromatic carbocycles. The largest absolute Gasteiger partial charge is 0.309 e. The predicted molar refractivity (Wildman–Crippen MR) is 231 cm³/mol. The minimum Gasteiger partial charge on any atom is -0.309 e. The van der Waals surface area contributed by atoms with Crippen LogP contribution in [0, 0.1) is 14.1 Å². The van der Waals surface area contributed by atoms with Crippen LogP contribution in [0.4, 0.5) is 34.1 Å². The zero-order valence-corrected chi connectivity index (χ0v) is 33.2. The lowest BCUT2D eigenvalue weighted by Gasteiger charge is -2.33. The molecule has 0 aliphatic rings. The van der Waals surface area contributed by atoms with Gasteiger partial charge in [0, 0.05) is 51.4 Å². The van der Waals surface area contributed by atoms with Crippen molar-refractivity contribution in [3.8, 4) is 0 Å². The maximum atomic E-state index is 2.45. The molecule has 246 valence electrons. The monoisotopic (exact) mass is 864 g/mol. The highest BCUT2D eigenvalue weighted by Crippen LogP contribution is 2.51. The molecular weight excluding hydrogens is 822 g/mol. The van der Waals surface area contributed by atoms with E-state index < -0.39 is 0 Å². The van der Waals surface area contributed by atoms with Gasteiger partial charge in [-0.05, 0) is 155 Å². The van der Waals surface area contributed by atoms with E-state index in [1.54, 1.807) is 0 Å². The van der Waals surface area contributed by atoms with Crippen LogP contribution < -0.4 is 9.80 Å². The van der Waals surface area contributed by atoms with Crippen LogP contribution in [0.3, 0.4) is 0 Å². The third-order valence-electron chi connectivity index (χ3n) is 8.95. The molecule has 0 bridgehead atoms. The lowest BCUT2D eigenvalue weighted by Crippen LogP contribution is -2.15. The van der Waals surface area contributed by atoms with E-state index in [9.17, 15) is 0 Å². The van der Waals surface area contributed by atoms with Gasteiger partial charge in [0.05, 0.1) is 11.4 Å². The molecule has 0 N–H and O–H groups in total. The van der Waals surface area contributed by atoms with Crippen LogP contribution in [-0.4, -0.2) is 0 Å². The van der Waals surface area contributed by atoms with E-state index in [1.807, 2.05) is 13.8 Å². The van der Waals surface area contributed by atoms with Crippen molar-refractivity contribution in [3.63, 3.8) is 0 Å². The molecule has 0 aliphatic carbocycles. The topological polar surface area (TPSA) is 6.48 Å². The number of nitrogens with zero attached hydrogens (tertiary/aromatic N) is 2. The van der Waals surface area contributed by atoms with Gasteiger partial charge in [0.1, 0.15) is 0 Å². The summed E-state index contributed by atoms with van der Waals surface area (Å²) >= 11 is 4.79. The minimum absolute atomic E-state index is 1.01. The molecule has 7 aromatic rings. The maximum Gasteiger partial charge on any atom is 0.0620 e. The van der Waals surface area contributed by atoms with Crippen molar-refractivity contribution in [2.24, 2.45) is 0 Å². The first-order chi connectivity index (χ1) is 23.9. The molecule has 0 aliphatic heterocycles. The molecule has 0 saturated carbocycles. The Hall–Kier alpha value is -3.88. The molecule has 0 unspecified atom stereocenters. The highest BCUT2D eigenvalue weighted by atomic mass is 127. The number of hydrogen-bond acceptors (Lipinski definition) is 2. The zero-order valence-electron chi connectivity index (χ0n) is 28.8. The highest BCUT2D eigenvalue weighted by molar-refractivity contribution is 14.1. The Morgan fingerprint density at radius 1 is 0.429 bits per heavy atom. The van der Waals surface area contributed by atoms with Crippen LogP contribution in [0.25, 0.3) is 21.5 Å². The molecule has 0 aromatic heterocycles. The number of benzene rings is 7. The van der Waals surface area contributed by atoms with E-state index in [0.717, 1.165) is 35.6 Å². The van der Waals surface area contributed by atoms with E-state index in [1.165, 1.54) is 56.8 Å². The molecule has 0 amide bonds. The van der Waals surface area contributed by atoms with Crippen LogP contribution in [-0.2, 0) is 12.8 Å². The van der Waals surface area contributed by atoms with Crippen LogP contribution in [0.15, 0.2) is 140 Å². The Kier molecular flexibility index (Phi) is 11.3. The van der Waals surface area contributed by atoms with Gasteiger partial charge in [0.2, 0.25) is 0 Å². The summed E-state index contributed by atoms with van der Waals surface area (Å²) in [5, 5.41) is 4.85. The fourth-order valence-corrected chi connectivity index (χ4v) is 7.20. The number of halogens is 2. The molecule has 2 nitrogen and oxygen atoms in total. The third kappa shape index (κ3) is 7.22. The summed E-state index contributed by atoms with van der Waals surface area (Å²) < 4.78 is 2.44. The summed E-state index contributed by atoms with van der Waals surface area (Å²) in [5.74, 6) is 0. The van der Waals surface area contributed by atoms with Crippen molar-refractivity contribution in [3.05, 3.63) is 163 Å². The molecule has 0 radical (unpaired) electrons. The fourth-order valence-electron chi connectivity index (χ4n) is 6.48. The van der Waals surface area contributed by atoms with Crippen molar-refractivity contribution in [1.82, 2.24) is 0 Å². The maximum absolute atomic E-state index is 2.45. The third-order valence-corrected chi connectivity index (χ3v) is 10.4. The first-order valence-corrected chi connectivity index (χ1v) is 19.3. The van der Waals surface area contributed by atoms with Crippen molar-refractivity contribution < 1.29 is 0 Å². The van der Waals surface area contributed by atoms with E-state index in [4.69, 9.17) is 0 Å². The molecule has 7 rings (SSSR count). The normalized spacial score (nSPS) is 10.9. The van der Waals surface area contributed by atoms with Gasteiger partial charge in [-0.3, -0.25) is 0 Å². The van der Waals surface area contributed by atoms with Gasteiger partial charge >= 0.3 is 0 Å². The summed E-state index contributed by atoms with van der Waals surface area (Å²) in [4.78, 5) is 4.90. The van der Waals surface area contributed by atoms with Crippen molar-refractivity contribution in [2.45, 2.75) is 47.5 Å². The Balaban J connectivity index is 0.00000205. The smallest absolute Gasteiger partial charge is 0.0620 e. The molecule has 4 heteroatoms. The highest BCUT2D eigenvalue weighted by Gasteiger charge is 2.25. The number of hydrogen-bond donors (Lipinski definition) is 0. The standard InChI is InChI=1S/C43H36I2N2.C2H6/c1-4-30-11-19-34(20-12-30)46(36-23-15-32(44)16-24-36)42-38-8-6-7-9-39(38)43(41-28-29(3)10-27-40(41)42)47(37-25-17-33(45)18-26-37)35-21-13-31(5-2)14-22-35;1-2/h6-28H,4-5H2,1-3H3;1-2H3. The van der Waals surface area contributed by atoms with Crippen molar-refractivity contribution in [1.29, 1.82) is 0 Å². The molecule has 0 spiro atoms. The molecule has 0 fully saturated rings. The Labute approximate surface area is 319 Å². The van der Waals surface area contributed by atoms with Crippen LogP contribution in [0.5, 0.6) is 0 Å². The summed E-state index contributed by atoms with van der Waals surface area (Å²) in [6.07, 6.45) is 2.02. The van der Waals surface area contributed by atoms with E-state index >= 15 is 0 Å². The van der Waals surface area contributed by atoms with Crippen LogP contribution >= 0.6 is 45.2 Å².